The van der Waals surface area contributed by atoms with E-state index < -0.39 is 0 Å². The number of nitrogen functional groups attached to an aromatic ring is 1. The number of rotatable bonds is 18. The van der Waals surface area contributed by atoms with Gasteiger partial charge < -0.3 is 54.1 Å². The number of anilines is 5. The van der Waals surface area contributed by atoms with Crippen molar-refractivity contribution in [1.29, 1.82) is 0 Å². The maximum atomic E-state index is 6.24. The third-order valence-corrected chi connectivity index (χ3v) is 27.3. The van der Waals surface area contributed by atoms with Crippen LogP contribution in [0.2, 0.25) is 0 Å². The molecule has 12 aromatic heterocycles. The number of fused-ring (bicyclic) bond motifs is 6. The van der Waals surface area contributed by atoms with Crippen molar-refractivity contribution >= 4 is 126 Å². The van der Waals surface area contributed by atoms with Crippen LogP contribution in [0, 0.1) is 20.9 Å². The number of hydrogen-bond acceptors (Lipinski definition) is 27. The highest BCUT2D eigenvalue weighted by atomic mass is 32.2. The van der Waals surface area contributed by atoms with Crippen LogP contribution in [0.25, 0.3) is 44.8 Å². The molecule has 0 aliphatic carbocycles. The van der Waals surface area contributed by atoms with E-state index in [4.69, 9.17) is 83.0 Å². The summed E-state index contributed by atoms with van der Waals surface area (Å²) >= 11 is 10.1. The summed E-state index contributed by atoms with van der Waals surface area (Å²) in [6.45, 7) is 26.3. The van der Waals surface area contributed by atoms with Crippen LogP contribution in [-0.2, 0) is 26.2 Å². The van der Waals surface area contributed by atoms with E-state index in [1.54, 1.807) is 57.2 Å². The number of benzene rings is 3. The van der Waals surface area contributed by atoms with Crippen molar-refractivity contribution in [3.63, 3.8) is 0 Å². The van der Waals surface area contributed by atoms with E-state index >= 15 is 0 Å². The number of H-pyrrole nitrogens is 1. The van der Waals surface area contributed by atoms with Gasteiger partial charge in [-0.15, -0.1) is 0 Å². The summed E-state index contributed by atoms with van der Waals surface area (Å²) in [7, 11) is 5.02. The highest BCUT2D eigenvalue weighted by Gasteiger charge is 2.33. The van der Waals surface area contributed by atoms with Gasteiger partial charge in [0.15, 0.2) is 38.3 Å². The Labute approximate surface area is 738 Å². The zero-order valence-electron chi connectivity index (χ0n) is 71.7. The van der Waals surface area contributed by atoms with Crippen LogP contribution in [0.4, 0.5) is 29.1 Å². The van der Waals surface area contributed by atoms with Crippen LogP contribution >= 0.6 is 47.5 Å². The zero-order chi connectivity index (χ0) is 85.9. The second kappa shape index (κ2) is 36.2. The fourth-order valence-electron chi connectivity index (χ4n) is 15.6. The Bertz CT molecular complexity index is 6360. The molecule has 4 saturated heterocycles. The summed E-state index contributed by atoms with van der Waals surface area (Å²) < 4.78 is 26.4. The molecule has 3 aromatic carbocycles. The van der Waals surface area contributed by atoms with E-state index in [9.17, 15) is 0 Å². The Morgan fingerprint density at radius 3 is 1.28 bits per heavy atom. The van der Waals surface area contributed by atoms with Gasteiger partial charge in [0, 0.05) is 101 Å². The Hall–Kier alpha value is -11.8. The molecule has 124 heavy (non-hydrogen) atoms. The van der Waals surface area contributed by atoms with E-state index in [-0.39, 0.29) is 5.54 Å². The maximum absolute atomic E-state index is 6.24. The van der Waals surface area contributed by atoms with Crippen LogP contribution in [0.1, 0.15) is 128 Å². The molecule has 0 radical (unpaired) electrons. The molecule has 5 aliphatic heterocycles. The van der Waals surface area contributed by atoms with Gasteiger partial charge in [-0.05, 0) is 164 Å². The predicted molar refractivity (Wildman–Crippen MR) is 495 cm³/mol. The maximum Gasteiger partial charge on any atom is 0.180 e. The first-order chi connectivity index (χ1) is 59.9. The minimum Gasteiger partial charge on any atom is -0.497 e. The van der Waals surface area contributed by atoms with Crippen molar-refractivity contribution in [3.8, 4) is 17.2 Å². The van der Waals surface area contributed by atoms with Gasteiger partial charge >= 0.3 is 0 Å². The molecule has 17 heterocycles. The summed E-state index contributed by atoms with van der Waals surface area (Å²) in [5, 5.41) is 15.6. The van der Waals surface area contributed by atoms with Gasteiger partial charge in [0.2, 0.25) is 0 Å². The molecule has 0 unspecified atom stereocenters. The smallest absolute Gasteiger partial charge is 0.180 e. The molecule has 0 amide bonds. The van der Waals surface area contributed by atoms with Crippen LogP contribution in [0.5, 0.6) is 17.2 Å². The molecule has 0 atom stereocenters. The zero-order valence-corrected chi connectivity index (χ0v) is 74.9. The number of hydrogen-bond donors (Lipinski definition) is 3. The first kappa shape index (κ1) is 84.4. The quantitative estimate of drug-likeness (QED) is 0.0672. The lowest BCUT2D eigenvalue weighted by Crippen LogP contribution is -2.48. The first-order valence-corrected chi connectivity index (χ1v) is 44.9. The lowest BCUT2D eigenvalue weighted by Gasteiger charge is -2.37. The number of thioether (sulfide) groups is 1. The summed E-state index contributed by atoms with van der Waals surface area (Å²) in [4.78, 5) is 69.0. The van der Waals surface area contributed by atoms with Gasteiger partial charge in [0.25, 0.3) is 0 Å². The Balaban J connectivity index is 0.000000118. The number of aliphatic imine (C=N–C) groups is 1. The largest absolute Gasteiger partial charge is 0.497 e. The summed E-state index contributed by atoms with van der Waals surface area (Å²) in [6, 6.07) is 36.1. The number of piperidine rings is 4. The van der Waals surface area contributed by atoms with Gasteiger partial charge in [-0.3, -0.25) is 14.8 Å². The molecule has 640 valence electrons. The molecule has 4 fully saturated rings. The number of pyridine rings is 3. The number of ether oxygens (including phenoxy) is 3. The van der Waals surface area contributed by atoms with E-state index in [1.165, 1.54) is 11.8 Å². The standard InChI is InChI=1S/C27H29N7OS.C25H29N7OS.C20H25N5OS.C19H21N7S/c1-27(2)10-14-32(15-11-27)22-17-29-23-25(30-22)34(18-19-6-8-20(35-3)9-7-19)31-26(23)36-21-5-4-13-33-16-12-28-24(21)33;1-25(2)10-13-31(14-11-25)20-15-28-21-23(29-20)32(16-17-6-8-18(33-3)9-7-17)30-24(21)34-19-5-4-12-27-22(19)26;1-20(2)8-10-24(11-9-20)16-12-21-17-18(22-16)25(23-19(17)27)13-14-4-6-15(26-3)7-5-14;1-19(20)4-8-25(9-5-19)15-12-22-16-13(24-15)11-23-18(16)27-14-3-2-7-26-10-6-21-17(14)26/h4-9,12-13,16-17H,10-11,14-15,18H2,1-3H3;4-9,12,15H,10-11,13-14,16H2,1-3H3,(H2,26,27);4-7,12H,8-11,13H2,1-3H3,(H,23,27);2-3,6-7,10,12H,4-5,8-9,11,20H2,1H3. The molecule has 5 aliphatic rings. The van der Waals surface area contributed by atoms with Crippen molar-refractivity contribution < 1.29 is 14.2 Å². The molecule has 20 rings (SSSR count). The molecule has 33 heteroatoms. The number of nitrogens with one attached hydrogen (secondary N) is 1. The highest BCUT2D eigenvalue weighted by Crippen LogP contribution is 2.41. The van der Waals surface area contributed by atoms with Gasteiger partial charge in [0.05, 0.1) is 92.7 Å². The number of imidazole rings is 2. The van der Waals surface area contributed by atoms with E-state index in [2.05, 4.69) is 122 Å². The van der Waals surface area contributed by atoms with Gasteiger partial charge in [-0.2, -0.15) is 10.2 Å². The molecule has 5 N–H and O–H groups in total. The average Bonchev–Trinajstić information content (AvgIpc) is 1.65. The molecular formula is C91H104N26O3S4. The lowest BCUT2D eigenvalue weighted by molar-refractivity contribution is 0.279. The fourth-order valence-corrected chi connectivity index (χ4v) is 18.8. The molecule has 0 spiro atoms. The molecule has 15 aromatic rings. The molecular weight excluding hydrogens is 1630 g/mol. The predicted octanol–water partition coefficient (Wildman–Crippen LogP) is 16.6. The van der Waals surface area contributed by atoms with Gasteiger partial charge in [-0.25, -0.2) is 64.2 Å². The number of aromatic amines is 1. The van der Waals surface area contributed by atoms with Crippen molar-refractivity contribution in [2.24, 2.45) is 27.0 Å². The highest BCUT2D eigenvalue weighted by molar-refractivity contribution is 8.14. The Kier molecular flexibility index (Phi) is 24.6. The van der Waals surface area contributed by atoms with E-state index in [1.807, 2.05) is 164 Å². The molecule has 29 nitrogen and oxygen atoms in total. The van der Waals surface area contributed by atoms with Crippen LogP contribution in [-0.4, -0.2) is 177 Å². The SMILES string of the molecule is CC1(N)CCN(c2cnc3c(n2)CN=C3Sc2cccn3ccnc23)CC1.COc1ccc(Cn2[nH]c(=S)c3ncc(N4CCC(C)(C)CC4)nc32)cc1.COc1ccc(Cn2nc(Sc3cccn4ccnc34)c3ncc(N4CCC(C)(C)CC4)nc32)cc1.COc1ccc(Cn2nc(Sc3cccnc3N)c3ncc(N4CCC(C)(C)CC4)nc32)cc1. The average molecular weight is 1740 g/mol. The normalized spacial score (nSPS) is 16.5. The van der Waals surface area contributed by atoms with Crippen LogP contribution < -0.4 is 45.3 Å². The lowest BCUT2D eigenvalue weighted by atomic mass is 9.83. The number of nitrogens with two attached hydrogens (primary N) is 2. The first-order valence-electron chi connectivity index (χ1n) is 42.0. The number of aromatic nitrogens is 19. The number of nitrogens with zero attached hydrogens (tertiary/aromatic N) is 23. The number of methoxy groups -OCH3 is 3. The third kappa shape index (κ3) is 19.4. The van der Waals surface area contributed by atoms with Crippen molar-refractivity contribution in [2.45, 2.75) is 156 Å². The Morgan fingerprint density at radius 2 is 0.823 bits per heavy atom. The summed E-state index contributed by atoms with van der Waals surface area (Å²) in [6.07, 6.45) is 29.5. The Morgan fingerprint density at radius 1 is 0.419 bits per heavy atom. The van der Waals surface area contributed by atoms with Gasteiger partial charge in [0.1, 0.15) is 78.3 Å². The van der Waals surface area contributed by atoms with Gasteiger partial charge in [-0.1, -0.05) is 125 Å². The second-order valence-corrected chi connectivity index (χ2v) is 38.2. The monoisotopic (exact) mass is 1740 g/mol. The van der Waals surface area contributed by atoms with Crippen molar-refractivity contribution in [1.82, 2.24) is 93.0 Å². The van der Waals surface area contributed by atoms with Crippen LogP contribution in [0.3, 0.4) is 0 Å². The topological polar surface area (TPSA) is 312 Å². The fraction of sp³-hybridized carbons (Fsp3) is 0.374. The van der Waals surface area contributed by atoms with Crippen LogP contribution in [0.15, 0.2) is 207 Å². The minimum absolute atomic E-state index is 0.0680. The molecule has 0 bridgehead atoms. The molecule has 0 saturated carbocycles. The third-order valence-electron chi connectivity index (χ3n) is 23.9. The van der Waals surface area contributed by atoms with Crippen molar-refractivity contribution in [2.75, 3.05) is 99.0 Å². The van der Waals surface area contributed by atoms with Crippen molar-refractivity contribution in [3.05, 3.63) is 210 Å². The van der Waals surface area contributed by atoms with E-state index in [0.717, 1.165) is 247 Å². The van der Waals surface area contributed by atoms with E-state index in [0.29, 0.717) is 52.9 Å². The second-order valence-electron chi connectivity index (χ2n) is 34.7. The summed E-state index contributed by atoms with van der Waals surface area (Å²) in [5.74, 6) is 6.66. The minimum atomic E-state index is -0.0680. The summed E-state index contributed by atoms with van der Waals surface area (Å²) in [5.41, 5.74) is 25.2.